The van der Waals surface area contributed by atoms with E-state index in [1.54, 1.807) is 0 Å². The number of nitrogens with two attached hydrogens (primary N) is 2. The lowest BCUT2D eigenvalue weighted by molar-refractivity contribution is 0.970. The van der Waals surface area contributed by atoms with Gasteiger partial charge in [0, 0.05) is 29.9 Å². The van der Waals surface area contributed by atoms with E-state index in [0.29, 0.717) is 22.5 Å². The molecule has 2 aromatic rings. The molecule has 2 rings (SSSR count). The van der Waals surface area contributed by atoms with E-state index in [4.69, 9.17) is 11.5 Å². The van der Waals surface area contributed by atoms with E-state index in [1.807, 2.05) is 0 Å². The van der Waals surface area contributed by atoms with E-state index in [9.17, 15) is 0 Å². The second-order valence-corrected chi connectivity index (χ2v) is 5.46. The van der Waals surface area contributed by atoms with E-state index < -0.39 is 0 Å². The Morgan fingerprint density at radius 2 is 2.05 bits per heavy atom. The van der Waals surface area contributed by atoms with Crippen LogP contribution < -0.4 is 16.8 Å². The van der Waals surface area contributed by atoms with Gasteiger partial charge in [0.1, 0.15) is 22.3 Å². The number of hydrogen-bond acceptors (Lipinski definition) is 9. The molecule has 5 N–H and O–H groups in total. The van der Waals surface area contributed by atoms with Crippen LogP contribution in [0, 0.1) is 0 Å². The van der Waals surface area contributed by atoms with Crippen LogP contribution in [0.5, 0.6) is 0 Å². The minimum atomic E-state index is 0.371. The third-order valence-corrected chi connectivity index (χ3v) is 3.76. The zero-order valence-electron chi connectivity index (χ0n) is 10.5. The largest absolute Gasteiger partial charge is 0.383 e. The second kappa shape index (κ2) is 6.53. The SMILES string of the molecule is CCCNc1snnc1CSc1nc(N)cc(N)n1. The van der Waals surface area contributed by atoms with Gasteiger partial charge in [-0.15, -0.1) is 5.10 Å². The Morgan fingerprint density at radius 3 is 2.74 bits per heavy atom. The number of thioether (sulfide) groups is 1. The number of nitrogens with zero attached hydrogens (tertiary/aromatic N) is 4. The third-order valence-electron chi connectivity index (χ3n) is 2.17. The molecule has 2 aromatic heterocycles. The molecule has 0 unspecified atom stereocenters. The zero-order chi connectivity index (χ0) is 13.7. The highest BCUT2D eigenvalue weighted by molar-refractivity contribution is 7.98. The van der Waals surface area contributed by atoms with Crippen molar-refractivity contribution in [1.29, 1.82) is 0 Å². The Balaban J connectivity index is 2.00. The van der Waals surface area contributed by atoms with Crippen molar-refractivity contribution in [3.8, 4) is 0 Å². The van der Waals surface area contributed by atoms with Crippen molar-refractivity contribution in [3.05, 3.63) is 11.8 Å². The summed E-state index contributed by atoms with van der Waals surface area (Å²) >= 11 is 2.79. The summed E-state index contributed by atoms with van der Waals surface area (Å²) in [6.45, 7) is 3.02. The lowest BCUT2D eigenvalue weighted by Crippen LogP contribution is -2.01. The molecule has 0 aromatic carbocycles. The van der Waals surface area contributed by atoms with Crippen molar-refractivity contribution >= 4 is 39.9 Å². The molecule has 0 aliphatic rings. The number of hydrogen-bond donors (Lipinski definition) is 3. The topological polar surface area (TPSA) is 116 Å². The zero-order valence-corrected chi connectivity index (χ0v) is 12.1. The van der Waals surface area contributed by atoms with Crippen LogP contribution in [0.25, 0.3) is 0 Å². The number of anilines is 3. The quantitative estimate of drug-likeness (QED) is 0.544. The minimum absolute atomic E-state index is 0.371. The van der Waals surface area contributed by atoms with Crippen LogP contribution >= 0.6 is 23.3 Å². The van der Waals surface area contributed by atoms with Crippen LogP contribution in [0.4, 0.5) is 16.6 Å². The first-order chi connectivity index (χ1) is 9.19. The summed E-state index contributed by atoms with van der Waals surface area (Å²) in [7, 11) is 0. The average Bonchev–Trinajstić information content (AvgIpc) is 2.80. The van der Waals surface area contributed by atoms with Gasteiger partial charge in [0.15, 0.2) is 5.16 Å². The highest BCUT2D eigenvalue weighted by Gasteiger charge is 2.09. The summed E-state index contributed by atoms with van der Waals surface area (Å²) in [5.41, 5.74) is 12.1. The first-order valence-corrected chi connectivity index (χ1v) is 7.53. The summed E-state index contributed by atoms with van der Waals surface area (Å²) in [5.74, 6) is 1.37. The van der Waals surface area contributed by atoms with E-state index in [-0.39, 0.29) is 0 Å². The molecular formula is C10H15N7S2. The maximum absolute atomic E-state index is 5.62. The normalized spacial score (nSPS) is 10.6. The predicted molar refractivity (Wildman–Crippen MR) is 79.1 cm³/mol. The van der Waals surface area contributed by atoms with Crippen LogP contribution in [0.15, 0.2) is 11.2 Å². The van der Waals surface area contributed by atoms with Crippen molar-refractivity contribution in [2.24, 2.45) is 0 Å². The summed E-state index contributed by atoms with van der Waals surface area (Å²) in [6.07, 6.45) is 1.05. The number of nitrogens with one attached hydrogen (secondary N) is 1. The highest BCUT2D eigenvalue weighted by Crippen LogP contribution is 2.26. The fraction of sp³-hybridized carbons (Fsp3) is 0.400. The van der Waals surface area contributed by atoms with Gasteiger partial charge in [0.25, 0.3) is 0 Å². The Hall–Kier alpha value is -1.61. The Labute approximate surface area is 119 Å². The Morgan fingerprint density at radius 1 is 1.32 bits per heavy atom. The molecule has 102 valence electrons. The minimum Gasteiger partial charge on any atom is -0.383 e. The van der Waals surface area contributed by atoms with Gasteiger partial charge in [-0.3, -0.25) is 0 Å². The number of aromatic nitrogens is 4. The molecule has 0 bridgehead atoms. The van der Waals surface area contributed by atoms with Crippen molar-refractivity contribution in [2.75, 3.05) is 23.3 Å². The van der Waals surface area contributed by atoms with Gasteiger partial charge < -0.3 is 16.8 Å². The van der Waals surface area contributed by atoms with Crippen LogP contribution in [0.2, 0.25) is 0 Å². The van der Waals surface area contributed by atoms with Crippen LogP contribution in [0.3, 0.4) is 0 Å². The van der Waals surface area contributed by atoms with Crippen LogP contribution in [-0.4, -0.2) is 26.1 Å². The van der Waals surface area contributed by atoms with Crippen molar-refractivity contribution in [1.82, 2.24) is 19.6 Å². The van der Waals surface area contributed by atoms with Gasteiger partial charge in [-0.05, 0) is 6.42 Å². The molecule has 0 saturated carbocycles. The molecule has 0 fully saturated rings. The lowest BCUT2D eigenvalue weighted by Gasteiger charge is -2.04. The predicted octanol–water partition coefficient (Wildman–Crippen LogP) is 1.61. The summed E-state index contributed by atoms with van der Waals surface area (Å²) < 4.78 is 3.95. The second-order valence-electron chi connectivity index (χ2n) is 3.76. The molecule has 0 atom stereocenters. The van der Waals surface area contributed by atoms with Crippen molar-refractivity contribution < 1.29 is 0 Å². The fourth-order valence-corrected chi connectivity index (χ4v) is 2.84. The first kappa shape index (κ1) is 13.8. The standard InChI is InChI=1S/C10H15N7S2/c1-2-3-13-9-6(16-17-19-9)5-18-10-14-7(11)4-8(12)15-10/h4,13H,2-3,5H2,1H3,(H4,11,12,14,15). The van der Waals surface area contributed by atoms with Crippen LogP contribution in [-0.2, 0) is 5.75 Å². The van der Waals surface area contributed by atoms with Crippen molar-refractivity contribution in [3.63, 3.8) is 0 Å². The van der Waals surface area contributed by atoms with Gasteiger partial charge in [0.05, 0.1) is 0 Å². The smallest absolute Gasteiger partial charge is 0.191 e. The summed E-state index contributed by atoms with van der Waals surface area (Å²) in [5, 5.41) is 8.93. The van der Waals surface area contributed by atoms with E-state index in [0.717, 1.165) is 23.7 Å². The van der Waals surface area contributed by atoms with E-state index >= 15 is 0 Å². The van der Waals surface area contributed by atoms with Gasteiger partial charge >= 0.3 is 0 Å². The Kier molecular flexibility index (Phi) is 4.74. The highest BCUT2D eigenvalue weighted by atomic mass is 32.2. The van der Waals surface area contributed by atoms with E-state index in [1.165, 1.54) is 29.4 Å². The summed E-state index contributed by atoms with van der Waals surface area (Å²) in [4.78, 5) is 8.22. The molecule has 0 aliphatic heterocycles. The maximum Gasteiger partial charge on any atom is 0.191 e. The molecule has 7 nitrogen and oxygen atoms in total. The fourth-order valence-electron chi connectivity index (χ4n) is 1.34. The summed E-state index contributed by atoms with van der Waals surface area (Å²) in [6, 6.07) is 1.53. The van der Waals surface area contributed by atoms with Gasteiger partial charge in [0.2, 0.25) is 0 Å². The van der Waals surface area contributed by atoms with Gasteiger partial charge in [-0.1, -0.05) is 23.2 Å². The first-order valence-electron chi connectivity index (χ1n) is 5.77. The maximum atomic E-state index is 5.62. The number of rotatable bonds is 6. The molecule has 2 heterocycles. The molecule has 0 saturated heterocycles. The van der Waals surface area contributed by atoms with Gasteiger partial charge in [-0.2, -0.15) is 0 Å². The number of nitrogen functional groups attached to an aromatic ring is 2. The molecule has 19 heavy (non-hydrogen) atoms. The Bertz CT molecular complexity index is 522. The average molecular weight is 297 g/mol. The molecule has 0 amide bonds. The third kappa shape index (κ3) is 3.93. The molecule has 0 aliphatic carbocycles. The van der Waals surface area contributed by atoms with E-state index in [2.05, 4.69) is 31.8 Å². The molecule has 0 spiro atoms. The lowest BCUT2D eigenvalue weighted by atomic mass is 10.4. The molecular weight excluding hydrogens is 282 g/mol. The van der Waals surface area contributed by atoms with Crippen molar-refractivity contribution in [2.45, 2.75) is 24.3 Å². The van der Waals surface area contributed by atoms with Gasteiger partial charge in [-0.25, -0.2) is 9.97 Å². The molecule has 0 radical (unpaired) electrons. The van der Waals surface area contributed by atoms with Crippen LogP contribution in [0.1, 0.15) is 19.0 Å². The monoisotopic (exact) mass is 297 g/mol. The molecule has 9 heteroatoms.